The number of alkyl halides is 2. The number of halogens is 3. The highest BCUT2D eigenvalue weighted by Crippen LogP contribution is 2.05. The highest BCUT2D eigenvalue weighted by molar-refractivity contribution is 6.44. The van der Waals surface area contributed by atoms with Gasteiger partial charge in [0, 0.05) is 1.37 Å². The first-order valence-electron chi connectivity index (χ1n) is 2.06. The molecule has 0 bridgehead atoms. The van der Waals surface area contributed by atoms with Gasteiger partial charge in [0.05, 0.1) is 6.40 Å². The number of carbonyl (C=O) groups is 1. The number of hydrogen-bond donors (Lipinski definition) is 1. The van der Waals surface area contributed by atoms with Crippen LogP contribution in [0.25, 0.3) is 0 Å². The Labute approximate surface area is 64.6 Å². The van der Waals surface area contributed by atoms with Crippen LogP contribution in [0, 0.1) is 0 Å². The molecule has 0 aromatic rings. The van der Waals surface area contributed by atoms with Crippen LogP contribution in [0.15, 0.2) is 0 Å². The maximum Gasteiger partial charge on any atom is 0.306 e. The van der Waals surface area contributed by atoms with Crippen LogP contribution in [-0.4, -0.2) is 15.9 Å². The van der Waals surface area contributed by atoms with Gasteiger partial charge in [-0.05, 0) is 0 Å². The summed E-state index contributed by atoms with van der Waals surface area (Å²) >= 11 is 10.0. The van der Waals surface area contributed by atoms with Crippen molar-refractivity contribution in [2.75, 3.05) is 0 Å². The summed E-state index contributed by atoms with van der Waals surface area (Å²) in [6.45, 7) is 0. The molecule has 8 heavy (non-hydrogen) atoms. The topological polar surface area (TPSA) is 37.3 Å². The van der Waals surface area contributed by atoms with Crippen LogP contribution >= 0.6 is 35.6 Å². The third kappa shape index (κ3) is 9.60. The molecule has 1 unspecified atom stereocenters. The van der Waals surface area contributed by atoms with E-state index in [4.69, 9.17) is 29.7 Å². The van der Waals surface area contributed by atoms with Gasteiger partial charge in [0.15, 0.2) is 0 Å². The molecule has 0 amide bonds. The van der Waals surface area contributed by atoms with E-state index >= 15 is 0 Å². The van der Waals surface area contributed by atoms with Crippen molar-refractivity contribution in [3.8, 4) is 0 Å². The lowest BCUT2D eigenvalue weighted by atomic mass is 10.5. The van der Waals surface area contributed by atoms with Crippen molar-refractivity contribution >= 4 is 41.6 Å². The van der Waals surface area contributed by atoms with Gasteiger partial charge in [0.25, 0.3) is 0 Å². The highest BCUT2D eigenvalue weighted by atomic mass is 35.5. The van der Waals surface area contributed by atoms with Crippen LogP contribution in [0.5, 0.6) is 0 Å². The molecule has 0 aliphatic carbocycles. The summed E-state index contributed by atoms with van der Waals surface area (Å²) in [5.41, 5.74) is 0. The summed E-state index contributed by atoms with van der Waals surface area (Å²) in [6.07, 6.45) is -1.43. The molecule has 0 fully saturated rings. The van der Waals surface area contributed by atoms with Gasteiger partial charge in [0.2, 0.25) is 0 Å². The predicted octanol–water partition coefficient (Wildman–Crippen LogP) is 1.69. The zero-order chi connectivity index (χ0) is 6.73. The summed E-state index contributed by atoms with van der Waals surface area (Å²) in [6, 6.07) is 0. The summed E-state index contributed by atoms with van der Waals surface area (Å²) < 4.78 is 6.62. The molecule has 50 valence electrons. The molecule has 0 heterocycles. The van der Waals surface area contributed by atoms with Crippen molar-refractivity contribution in [1.29, 1.82) is 0 Å². The summed E-state index contributed by atoms with van der Waals surface area (Å²) in [5, 5.41) is 8.00. The van der Waals surface area contributed by atoms with Gasteiger partial charge in [-0.15, -0.1) is 35.6 Å². The maximum atomic E-state index is 9.78. The molecule has 0 saturated heterocycles. The Bertz CT molecular complexity index is 97.1. The molecular weight excluding hydrogens is 174 g/mol. The number of aliphatic carboxylic acids is 1. The van der Waals surface area contributed by atoms with E-state index in [2.05, 4.69) is 0 Å². The fourth-order valence-corrected chi connectivity index (χ4v) is 0.323. The van der Waals surface area contributed by atoms with E-state index in [0.717, 1.165) is 0 Å². The molecule has 0 aliphatic rings. The van der Waals surface area contributed by atoms with Crippen molar-refractivity contribution in [3.05, 3.63) is 0 Å². The first-order valence-corrected chi connectivity index (χ1v) is 2.36. The Morgan fingerprint density at radius 2 is 2.25 bits per heavy atom. The van der Waals surface area contributed by atoms with Crippen LogP contribution in [-0.2, 0) is 4.79 Å². The summed E-state index contributed by atoms with van der Waals surface area (Å²) in [5.74, 6) is -1.31. The van der Waals surface area contributed by atoms with Gasteiger partial charge >= 0.3 is 5.97 Å². The fourth-order valence-electron chi connectivity index (χ4n) is 0.108. The Morgan fingerprint density at radius 1 is 1.88 bits per heavy atom. The van der Waals surface area contributed by atoms with Crippen molar-refractivity contribution in [1.82, 2.24) is 0 Å². The third-order valence-electron chi connectivity index (χ3n) is 0.269. The zero-order valence-corrected chi connectivity index (χ0v) is 6.00. The SMILES string of the molecule is Cl.[2H]C(C(=O)O)C(Cl)Cl. The predicted molar refractivity (Wildman–Crippen MR) is 35.0 cm³/mol. The molecule has 1 N–H and O–H groups in total. The van der Waals surface area contributed by atoms with E-state index in [9.17, 15) is 4.79 Å². The quantitative estimate of drug-likeness (QED) is 0.657. The van der Waals surface area contributed by atoms with E-state index in [1.165, 1.54) is 0 Å². The van der Waals surface area contributed by atoms with E-state index in [-0.39, 0.29) is 12.4 Å². The number of carboxylic acid groups (broad SMARTS) is 1. The summed E-state index contributed by atoms with van der Waals surface area (Å²) in [4.78, 5) is 8.64. The molecule has 1 atom stereocenters. The second-order valence-electron chi connectivity index (χ2n) is 0.839. The Hall–Kier alpha value is 0.340. The van der Waals surface area contributed by atoms with Crippen molar-refractivity contribution in [3.63, 3.8) is 0 Å². The van der Waals surface area contributed by atoms with Crippen LogP contribution in [0.2, 0.25) is 0 Å². The second kappa shape index (κ2) is 5.48. The van der Waals surface area contributed by atoms with Gasteiger partial charge in [-0.2, -0.15) is 0 Å². The molecule has 0 spiro atoms. The Kier molecular flexibility index (Phi) is 5.71. The largest absolute Gasteiger partial charge is 0.481 e. The number of carboxylic acids is 1. The minimum atomic E-state index is -1.43. The maximum absolute atomic E-state index is 9.78. The van der Waals surface area contributed by atoms with Crippen molar-refractivity contribution < 1.29 is 11.3 Å². The van der Waals surface area contributed by atoms with Crippen molar-refractivity contribution in [2.24, 2.45) is 0 Å². The molecule has 0 aliphatic heterocycles. The highest BCUT2D eigenvalue weighted by Gasteiger charge is 2.03. The van der Waals surface area contributed by atoms with E-state index < -0.39 is 17.2 Å². The average Bonchev–Trinajstić information content (AvgIpc) is 1.64. The first kappa shape index (κ1) is 8.34. The summed E-state index contributed by atoms with van der Waals surface area (Å²) in [7, 11) is 0. The van der Waals surface area contributed by atoms with Gasteiger partial charge in [-0.3, -0.25) is 4.79 Å². The van der Waals surface area contributed by atoms with Gasteiger partial charge < -0.3 is 5.11 Å². The molecule has 2 nitrogen and oxygen atoms in total. The molecular formula is C3H5Cl3O2. The van der Waals surface area contributed by atoms with E-state index in [1.807, 2.05) is 0 Å². The van der Waals surface area contributed by atoms with Crippen molar-refractivity contribution in [2.45, 2.75) is 11.2 Å². The lowest BCUT2D eigenvalue weighted by molar-refractivity contribution is -0.136. The van der Waals surface area contributed by atoms with Crippen LogP contribution in [0.3, 0.4) is 0 Å². The Balaban J connectivity index is 0. The molecule has 0 radical (unpaired) electrons. The van der Waals surface area contributed by atoms with Crippen LogP contribution < -0.4 is 0 Å². The molecule has 0 saturated carbocycles. The molecule has 0 rings (SSSR count). The lowest BCUT2D eigenvalue weighted by Gasteiger charge is -1.89. The third-order valence-corrected chi connectivity index (χ3v) is 0.521. The first-order chi connectivity index (χ1) is 3.55. The van der Waals surface area contributed by atoms with E-state index in [1.54, 1.807) is 0 Å². The standard InChI is InChI=1S/C3H4Cl2O2.ClH/c4-2(5)1-3(6)7;/h2H,1H2,(H,6,7);1H/i1D;. The van der Waals surface area contributed by atoms with E-state index in [0.29, 0.717) is 0 Å². The van der Waals surface area contributed by atoms with Gasteiger partial charge in [-0.25, -0.2) is 0 Å². The molecule has 0 aromatic carbocycles. The Morgan fingerprint density at radius 3 is 2.25 bits per heavy atom. The molecule has 0 aromatic heterocycles. The average molecular weight is 180 g/mol. The second-order valence-corrected chi connectivity index (χ2v) is 2.00. The van der Waals surface area contributed by atoms with Gasteiger partial charge in [-0.1, -0.05) is 0 Å². The normalized spacial score (nSPS) is 14.1. The van der Waals surface area contributed by atoms with Crippen LogP contribution in [0.1, 0.15) is 7.77 Å². The smallest absolute Gasteiger partial charge is 0.306 e. The number of hydrogen-bond acceptors (Lipinski definition) is 1. The number of rotatable bonds is 2. The van der Waals surface area contributed by atoms with Gasteiger partial charge in [0.1, 0.15) is 4.84 Å². The molecule has 5 heteroatoms. The lowest BCUT2D eigenvalue weighted by Crippen LogP contribution is -1.99. The zero-order valence-electron chi connectivity index (χ0n) is 4.67. The fraction of sp³-hybridized carbons (Fsp3) is 0.667. The minimum Gasteiger partial charge on any atom is -0.481 e. The van der Waals surface area contributed by atoms with Crippen LogP contribution in [0.4, 0.5) is 0 Å². The minimum absolute atomic E-state index is 0. The monoisotopic (exact) mass is 179 g/mol.